The smallest absolute Gasteiger partial charge is 0.106 e. The average molecular weight is 318 g/mol. The molecule has 0 amide bonds. The summed E-state index contributed by atoms with van der Waals surface area (Å²) in [5.41, 5.74) is 4.78. The summed E-state index contributed by atoms with van der Waals surface area (Å²) in [4.78, 5) is 0. The molecule has 1 aromatic heterocycles. The molecule has 0 saturated heterocycles. The quantitative estimate of drug-likeness (QED) is 0.659. The van der Waals surface area contributed by atoms with E-state index in [0.717, 1.165) is 22.6 Å². The predicted octanol–water partition coefficient (Wildman–Crippen LogP) is 4.63. The molecule has 106 valence electrons. The number of aromatic nitrogens is 3. The van der Waals surface area contributed by atoms with E-state index in [0.29, 0.717) is 10.9 Å². The maximum atomic E-state index is 6.00. The molecule has 0 N–H and O–H groups in total. The highest BCUT2D eigenvalue weighted by atomic mass is 35.5. The van der Waals surface area contributed by atoms with Crippen LogP contribution >= 0.6 is 23.2 Å². The third kappa shape index (κ3) is 2.80. The van der Waals surface area contributed by atoms with Gasteiger partial charge in [-0.15, -0.1) is 16.7 Å². The van der Waals surface area contributed by atoms with Crippen LogP contribution in [0.15, 0.2) is 48.5 Å². The van der Waals surface area contributed by atoms with Gasteiger partial charge in [-0.1, -0.05) is 46.6 Å². The van der Waals surface area contributed by atoms with Crippen LogP contribution in [0.3, 0.4) is 0 Å². The summed E-state index contributed by atoms with van der Waals surface area (Å²) in [6.45, 7) is 2.05. The van der Waals surface area contributed by atoms with Gasteiger partial charge in [0.2, 0.25) is 0 Å². The second-order valence-corrected chi connectivity index (χ2v) is 5.48. The maximum absolute atomic E-state index is 6.00. The van der Waals surface area contributed by atoms with Crippen LogP contribution in [0.5, 0.6) is 0 Å². The minimum Gasteiger partial charge on any atom is -0.213 e. The van der Waals surface area contributed by atoms with Gasteiger partial charge in [-0.2, -0.15) is 0 Å². The highest BCUT2D eigenvalue weighted by molar-refractivity contribution is 6.30. The highest BCUT2D eigenvalue weighted by Crippen LogP contribution is 2.27. The van der Waals surface area contributed by atoms with Crippen molar-refractivity contribution < 1.29 is 0 Å². The van der Waals surface area contributed by atoms with Gasteiger partial charge in [-0.05, 0) is 31.2 Å². The van der Waals surface area contributed by atoms with E-state index in [2.05, 4.69) is 17.2 Å². The zero-order chi connectivity index (χ0) is 14.8. The van der Waals surface area contributed by atoms with E-state index in [-0.39, 0.29) is 0 Å². The standard InChI is InChI=1S/C16H13Cl2N3/c1-11-2-8-14(9-3-11)21-16(15(10-17)19-20-21)12-4-6-13(18)7-5-12/h2-9H,10H2,1H3. The molecule has 0 fully saturated rings. The number of alkyl halides is 1. The molecule has 1 heterocycles. The van der Waals surface area contributed by atoms with E-state index < -0.39 is 0 Å². The van der Waals surface area contributed by atoms with Crippen molar-refractivity contribution in [1.29, 1.82) is 0 Å². The van der Waals surface area contributed by atoms with Gasteiger partial charge in [-0.3, -0.25) is 0 Å². The fourth-order valence-electron chi connectivity index (χ4n) is 2.17. The van der Waals surface area contributed by atoms with E-state index >= 15 is 0 Å². The third-order valence-electron chi connectivity index (χ3n) is 3.26. The minimum atomic E-state index is 0.309. The van der Waals surface area contributed by atoms with Crippen molar-refractivity contribution in [2.75, 3.05) is 0 Å². The first-order valence-corrected chi connectivity index (χ1v) is 7.44. The Kier molecular flexibility index (Phi) is 3.95. The maximum Gasteiger partial charge on any atom is 0.106 e. The molecule has 0 aliphatic rings. The van der Waals surface area contributed by atoms with Crippen LogP contribution in [0.1, 0.15) is 11.3 Å². The van der Waals surface area contributed by atoms with Crippen LogP contribution in [0.4, 0.5) is 0 Å². The molecule has 0 radical (unpaired) electrons. The van der Waals surface area contributed by atoms with E-state index in [1.165, 1.54) is 5.56 Å². The summed E-state index contributed by atoms with van der Waals surface area (Å²) in [5, 5.41) is 9.11. The van der Waals surface area contributed by atoms with Crippen molar-refractivity contribution >= 4 is 23.2 Å². The molecule has 0 atom stereocenters. The summed E-state index contributed by atoms with van der Waals surface area (Å²) < 4.78 is 1.81. The van der Waals surface area contributed by atoms with Crippen LogP contribution in [0, 0.1) is 6.92 Å². The Morgan fingerprint density at radius 3 is 2.29 bits per heavy atom. The lowest BCUT2D eigenvalue weighted by molar-refractivity contribution is 0.804. The Morgan fingerprint density at radius 2 is 1.67 bits per heavy atom. The zero-order valence-corrected chi connectivity index (χ0v) is 12.9. The first-order valence-electron chi connectivity index (χ1n) is 6.52. The van der Waals surface area contributed by atoms with Gasteiger partial charge in [-0.25, -0.2) is 4.68 Å². The monoisotopic (exact) mass is 317 g/mol. The van der Waals surface area contributed by atoms with Gasteiger partial charge in [0.25, 0.3) is 0 Å². The lowest BCUT2D eigenvalue weighted by atomic mass is 10.1. The molecule has 0 saturated carbocycles. The van der Waals surface area contributed by atoms with Crippen LogP contribution in [0.25, 0.3) is 16.9 Å². The van der Waals surface area contributed by atoms with Gasteiger partial charge >= 0.3 is 0 Å². The summed E-state index contributed by atoms with van der Waals surface area (Å²) >= 11 is 12.0. The molecule has 0 spiro atoms. The molecular weight excluding hydrogens is 305 g/mol. The summed E-state index contributed by atoms with van der Waals surface area (Å²) in [7, 11) is 0. The minimum absolute atomic E-state index is 0.309. The van der Waals surface area contributed by atoms with E-state index in [9.17, 15) is 0 Å². The summed E-state index contributed by atoms with van der Waals surface area (Å²) in [6.07, 6.45) is 0. The number of nitrogens with zero attached hydrogens (tertiary/aromatic N) is 3. The SMILES string of the molecule is Cc1ccc(-n2nnc(CCl)c2-c2ccc(Cl)cc2)cc1. The summed E-state index contributed by atoms with van der Waals surface area (Å²) in [6, 6.07) is 15.7. The number of aryl methyl sites for hydroxylation is 1. The Hall–Kier alpha value is -1.84. The largest absolute Gasteiger partial charge is 0.213 e. The molecule has 5 heteroatoms. The number of benzene rings is 2. The second-order valence-electron chi connectivity index (χ2n) is 4.77. The number of hydrogen-bond donors (Lipinski definition) is 0. The predicted molar refractivity (Wildman–Crippen MR) is 86.1 cm³/mol. The zero-order valence-electron chi connectivity index (χ0n) is 11.4. The van der Waals surface area contributed by atoms with E-state index in [1.807, 2.05) is 48.5 Å². The molecule has 2 aromatic carbocycles. The van der Waals surface area contributed by atoms with E-state index in [4.69, 9.17) is 23.2 Å². The topological polar surface area (TPSA) is 30.7 Å². The van der Waals surface area contributed by atoms with Crippen molar-refractivity contribution in [2.24, 2.45) is 0 Å². The third-order valence-corrected chi connectivity index (χ3v) is 3.77. The second kappa shape index (κ2) is 5.88. The van der Waals surface area contributed by atoms with Crippen molar-refractivity contribution in [3.63, 3.8) is 0 Å². The fraction of sp³-hybridized carbons (Fsp3) is 0.125. The Bertz CT molecular complexity index is 746. The molecule has 0 bridgehead atoms. The van der Waals surface area contributed by atoms with Crippen LogP contribution in [-0.2, 0) is 5.88 Å². The molecule has 3 rings (SSSR count). The van der Waals surface area contributed by atoms with Crippen molar-refractivity contribution in [3.05, 3.63) is 64.8 Å². The number of hydrogen-bond acceptors (Lipinski definition) is 2. The van der Waals surface area contributed by atoms with Gasteiger partial charge in [0, 0.05) is 10.6 Å². The van der Waals surface area contributed by atoms with Gasteiger partial charge in [0.1, 0.15) is 5.69 Å². The lowest BCUT2D eigenvalue weighted by Gasteiger charge is -2.08. The highest BCUT2D eigenvalue weighted by Gasteiger charge is 2.15. The van der Waals surface area contributed by atoms with Crippen molar-refractivity contribution in [2.45, 2.75) is 12.8 Å². The molecule has 3 nitrogen and oxygen atoms in total. The molecule has 3 aromatic rings. The Balaban J connectivity index is 2.16. The molecular formula is C16H13Cl2N3. The van der Waals surface area contributed by atoms with Gasteiger partial charge in [0.05, 0.1) is 17.3 Å². The fourth-order valence-corrected chi connectivity index (χ4v) is 2.47. The Morgan fingerprint density at radius 1 is 1.00 bits per heavy atom. The first-order chi connectivity index (χ1) is 10.2. The lowest BCUT2D eigenvalue weighted by Crippen LogP contribution is -2.00. The van der Waals surface area contributed by atoms with Crippen LogP contribution in [-0.4, -0.2) is 15.0 Å². The number of rotatable bonds is 3. The molecule has 21 heavy (non-hydrogen) atoms. The Labute approximate surface area is 133 Å². The number of halogens is 2. The normalized spacial score (nSPS) is 10.8. The molecule has 0 aliphatic carbocycles. The summed E-state index contributed by atoms with van der Waals surface area (Å²) in [5.74, 6) is 0.309. The molecule has 0 aliphatic heterocycles. The van der Waals surface area contributed by atoms with Gasteiger partial charge < -0.3 is 0 Å². The van der Waals surface area contributed by atoms with E-state index in [1.54, 1.807) is 4.68 Å². The average Bonchev–Trinajstić information content (AvgIpc) is 2.93. The van der Waals surface area contributed by atoms with Crippen LogP contribution < -0.4 is 0 Å². The first kappa shape index (κ1) is 14.1. The van der Waals surface area contributed by atoms with Crippen molar-refractivity contribution in [1.82, 2.24) is 15.0 Å². The van der Waals surface area contributed by atoms with Gasteiger partial charge in [0.15, 0.2) is 0 Å². The molecule has 0 unspecified atom stereocenters. The van der Waals surface area contributed by atoms with Crippen molar-refractivity contribution in [3.8, 4) is 16.9 Å². The van der Waals surface area contributed by atoms with Crippen LogP contribution in [0.2, 0.25) is 5.02 Å².